The van der Waals surface area contributed by atoms with Crippen molar-refractivity contribution in [3.63, 3.8) is 0 Å². The van der Waals surface area contributed by atoms with Gasteiger partial charge in [-0.25, -0.2) is 13.4 Å². The van der Waals surface area contributed by atoms with Crippen molar-refractivity contribution in [1.82, 2.24) is 14.2 Å². The van der Waals surface area contributed by atoms with Crippen LogP contribution in [0.15, 0.2) is 23.2 Å². The lowest BCUT2D eigenvalue weighted by molar-refractivity contribution is -0.136. The lowest BCUT2D eigenvalue weighted by Crippen LogP contribution is -2.43. The molecule has 1 aromatic rings. The number of carbonyl (C=O) groups excluding carboxylic acids is 1. The Bertz CT molecular complexity index is 762. The van der Waals surface area contributed by atoms with Gasteiger partial charge in [-0.3, -0.25) is 4.79 Å². The maximum absolute atomic E-state index is 12.8. The Balaban J connectivity index is 1.59. The molecule has 3 rings (SSSR count). The lowest BCUT2D eigenvalue weighted by Gasteiger charge is -2.34. The van der Waals surface area contributed by atoms with Crippen molar-refractivity contribution in [1.29, 1.82) is 0 Å². The van der Waals surface area contributed by atoms with Crippen molar-refractivity contribution in [2.24, 2.45) is 5.92 Å². The van der Waals surface area contributed by atoms with Crippen LogP contribution in [0.4, 0.5) is 5.82 Å². The third-order valence-corrected chi connectivity index (χ3v) is 8.18. The van der Waals surface area contributed by atoms with Gasteiger partial charge in [0.2, 0.25) is 15.9 Å². The van der Waals surface area contributed by atoms with E-state index < -0.39 is 10.0 Å². The van der Waals surface area contributed by atoms with Gasteiger partial charge < -0.3 is 9.80 Å². The number of nitrogens with zero attached hydrogens (tertiary/aromatic N) is 4. The Morgan fingerprint density at radius 1 is 1.03 bits per heavy atom. The molecule has 1 aromatic heterocycles. The Labute approximate surface area is 175 Å². The Morgan fingerprint density at radius 2 is 1.66 bits per heavy atom. The number of piperidine rings is 1. The zero-order chi connectivity index (χ0) is 20.9. The summed E-state index contributed by atoms with van der Waals surface area (Å²) in [5, 5.41) is 0. The number of hydrogen-bond donors (Lipinski definition) is 0. The SMILES string of the molecule is CCN(CC)S(=O)(=O)c1ccc(N2CCC(C(=O)N3CCCCCC3)CC2)nc1. The van der Waals surface area contributed by atoms with E-state index in [2.05, 4.69) is 14.8 Å². The van der Waals surface area contributed by atoms with Crippen molar-refractivity contribution in [2.45, 2.75) is 57.3 Å². The first kappa shape index (κ1) is 22.0. The molecule has 2 fully saturated rings. The van der Waals surface area contributed by atoms with Gasteiger partial charge in [-0.05, 0) is 37.8 Å². The van der Waals surface area contributed by atoms with Gasteiger partial charge in [0.1, 0.15) is 10.7 Å². The molecule has 0 aliphatic carbocycles. The molecule has 29 heavy (non-hydrogen) atoms. The van der Waals surface area contributed by atoms with E-state index in [0.29, 0.717) is 19.0 Å². The van der Waals surface area contributed by atoms with Crippen LogP contribution < -0.4 is 4.90 Å². The topological polar surface area (TPSA) is 73.8 Å². The molecular formula is C21H34N4O3S. The number of anilines is 1. The summed E-state index contributed by atoms with van der Waals surface area (Å²) < 4.78 is 26.6. The van der Waals surface area contributed by atoms with E-state index >= 15 is 0 Å². The predicted molar refractivity (Wildman–Crippen MR) is 114 cm³/mol. The van der Waals surface area contributed by atoms with Crippen LogP contribution in [0.5, 0.6) is 0 Å². The second kappa shape index (κ2) is 9.89. The first-order chi connectivity index (χ1) is 14.0. The van der Waals surface area contributed by atoms with E-state index in [1.807, 2.05) is 13.8 Å². The van der Waals surface area contributed by atoms with Crippen molar-refractivity contribution in [3.05, 3.63) is 18.3 Å². The number of likely N-dealkylation sites (tertiary alicyclic amines) is 1. The maximum atomic E-state index is 12.8. The van der Waals surface area contributed by atoms with Crippen molar-refractivity contribution < 1.29 is 13.2 Å². The molecule has 0 radical (unpaired) electrons. The molecule has 3 heterocycles. The molecule has 0 aromatic carbocycles. The summed E-state index contributed by atoms with van der Waals surface area (Å²) in [5.74, 6) is 1.20. The summed E-state index contributed by atoms with van der Waals surface area (Å²) in [6.07, 6.45) is 7.82. The fourth-order valence-electron chi connectivity index (χ4n) is 4.33. The standard InChI is InChI=1S/C21H34N4O3S/c1-3-25(4-2)29(27,28)19-9-10-20(22-17-19)23-15-11-18(12-16-23)21(26)24-13-7-5-6-8-14-24/h9-10,17-18H,3-8,11-16H2,1-2H3. The smallest absolute Gasteiger partial charge is 0.244 e. The minimum absolute atomic E-state index is 0.103. The summed E-state index contributed by atoms with van der Waals surface area (Å²) in [4.78, 5) is 21.7. The first-order valence-corrected chi connectivity index (χ1v) is 12.4. The monoisotopic (exact) mass is 422 g/mol. The van der Waals surface area contributed by atoms with Gasteiger partial charge in [0.05, 0.1) is 0 Å². The zero-order valence-electron chi connectivity index (χ0n) is 17.7. The molecule has 0 N–H and O–H groups in total. The average Bonchev–Trinajstić information content (AvgIpc) is 3.04. The molecule has 7 nitrogen and oxygen atoms in total. The fraction of sp³-hybridized carbons (Fsp3) is 0.714. The van der Waals surface area contributed by atoms with Crippen LogP contribution in [0.3, 0.4) is 0 Å². The highest BCUT2D eigenvalue weighted by atomic mass is 32.2. The molecule has 2 aliphatic rings. The minimum atomic E-state index is -3.48. The van der Waals surface area contributed by atoms with E-state index in [9.17, 15) is 13.2 Å². The van der Waals surface area contributed by atoms with Crippen molar-refractivity contribution >= 4 is 21.7 Å². The van der Waals surface area contributed by atoms with Crippen LogP contribution >= 0.6 is 0 Å². The third kappa shape index (κ3) is 5.09. The van der Waals surface area contributed by atoms with Crippen LogP contribution in [-0.4, -0.2) is 67.8 Å². The van der Waals surface area contributed by atoms with Gasteiger partial charge in [-0.15, -0.1) is 0 Å². The molecule has 0 atom stereocenters. The molecule has 0 bridgehead atoms. The largest absolute Gasteiger partial charge is 0.357 e. The predicted octanol–water partition coefficient (Wildman–Crippen LogP) is 2.73. The van der Waals surface area contributed by atoms with Gasteiger partial charge in [0, 0.05) is 51.4 Å². The molecule has 2 saturated heterocycles. The molecule has 0 saturated carbocycles. The van der Waals surface area contributed by atoms with Gasteiger partial charge in [0.25, 0.3) is 0 Å². The zero-order valence-corrected chi connectivity index (χ0v) is 18.5. The molecule has 162 valence electrons. The summed E-state index contributed by atoms with van der Waals surface area (Å²) in [6, 6.07) is 3.43. The Hall–Kier alpha value is -1.67. The molecule has 1 amide bonds. The number of hydrogen-bond acceptors (Lipinski definition) is 5. The molecular weight excluding hydrogens is 388 g/mol. The quantitative estimate of drug-likeness (QED) is 0.705. The van der Waals surface area contributed by atoms with Gasteiger partial charge >= 0.3 is 0 Å². The third-order valence-electron chi connectivity index (χ3n) is 6.15. The summed E-state index contributed by atoms with van der Waals surface area (Å²) >= 11 is 0. The van der Waals surface area contributed by atoms with E-state index in [0.717, 1.165) is 57.7 Å². The van der Waals surface area contributed by atoms with Crippen LogP contribution in [0.1, 0.15) is 52.4 Å². The average molecular weight is 423 g/mol. The number of amides is 1. The second-order valence-corrected chi connectivity index (χ2v) is 9.88. The summed E-state index contributed by atoms with van der Waals surface area (Å²) in [5.41, 5.74) is 0. The van der Waals surface area contributed by atoms with E-state index in [1.165, 1.54) is 23.3 Å². The molecule has 0 unspecified atom stereocenters. The lowest BCUT2D eigenvalue weighted by atomic mass is 9.95. The number of pyridine rings is 1. The highest BCUT2D eigenvalue weighted by Crippen LogP contribution is 2.25. The number of carbonyl (C=O) groups is 1. The Kier molecular flexibility index (Phi) is 7.51. The van der Waals surface area contributed by atoms with Crippen molar-refractivity contribution in [2.75, 3.05) is 44.2 Å². The normalized spacial score (nSPS) is 19.4. The molecule has 0 spiro atoms. The van der Waals surface area contributed by atoms with Gasteiger partial charge in [-0.1, -0.05) is 26.7 Å². The van der Waals surface area contributed by atoms with Gasteiger partial charge in [-0.2, -0.15) is 4.31 Å². The van der Waals surface area contributed by atoms with E-state index in [1.54, 1.807) is 12.1 Å². The van der Waals surface area contributed by atoms with Crippen molar-refractivity contribution in [3.8, 4) is 0 Å². The van der Waals surface area contributed by atoms with Crippen LogP contribution in [-0.2, 0) is 14.8 Å². The van der Waals surface area contributed by atoms with E-state index in [4.69, 9.17) is 0 Å². The number of rotatable bonds is 6. The summed E-state index contributed by atoms with van der Waals surface area (Å²) in [7, 11) is -3.48. The van der Waals surface area contributed by atoms with Gasteiger partial charge in [0.15, 0.2) is 0 Å². The maximum Gasteiger partial charge on any atom is 0.244 e. The van der Waals surface area contributed by atoms with E-state index in [-0.39, 0.29) is 10.8 Å². The van der Waals surface area contributed by atoms with Crippen LogP contribution in [0.25, 0.3) is 0 Å². The highest BCUT2D eigenvalue weighted by molar-refractivity contribution is 7.89. The fourth-order valence-corrected chi connectivity index (χ4v) is 5.73. The molecule has 2 aliphatic heterocycles. The Morgan fingerprint density at radius 3 is 2.17 bits per heavy atom. The second-order valence-electron chi connectivity index (χ2n) is 7.94. The van der Waals surface area contributed by atoms with Crippen LogP contribution in [0, 0.1) is 5.92 Å². The minimum Gasteiger partial charge on any atom is -0.357 e. The summed E-state index contributed by atoms with van der Waals surface area (Å²) in [6.45, 7) is 7.92. The number of aromatic nitrogens is 1. The molecule has 8 heteroatoms. The van der Waals surface area contributed by atoms with Crippen LogP contribution in [0.2, 0.25) is 0 Å². The number of sulfonamides is 1. The first-order valence-electron chi connectivity index (χ1n) is 11.0. The highest BCUT2D eigenvalue weighted by Gasteiger charge is 2.29.